The Bertz CT molecular complexity index is 293. The molecule has 0 amide bonds. The Morgan fingerprint density at radius 1 is 1.77 bits per heavy atom. The molecule has 1 aromatic heterocycles. The van der Waals surface area contributed by atoms with Gasteiger partial charge in [-0.1, -0.05) is 0 Å². The van der Waals surface area contributed by atoms with Gasteiger partial charge in [0.2, 0.25) is 0 Å². The molecule has 1 aromatic rings. The number of ether oxygens (including phenoxy) is 1. The first kappa shape index (κ1) is 8.52. The van der Waals surface area contributed by atoms with Gasteiger partial charge in [0.05, 0.1) is 12.7 Å². The molecule has 13 heavy (non-hydrogen) atoms. The van der Waals surface area contributed by atoms with Gasteiger partial charge < -0.3 is 19.7 Å². The van der Waals surface area contributed by atoms with Crippen molar-refractivity contribution in [3.8, 4) is 5.88 Å². The molecule has 2 N–H and O–H groups in total. The summed E-state index contributed by atoms with van der Waals surface area (Å²) in [5.41, 5.74) is -0.662. The van der Waals surface area contributed by atoms with Gasteiger partial charge in [-0.25, -0.2) is 0 Å². The zero-order valence-electron chi connectivity index (χ0n) is 7.41. The van der Waals surface area contributed by atoms with Crippen molar-refractivity contribution >= 4 is 0 Å². The zero-order valence-corrected chi connectivity index (χ0v) is 7.41. The zero-order chi connectivity index (χ0) is 9.31. The number of rotatable bonds is 3. The van der Waals surface area contributed by atoms with E-state index in [0.717, 1.165) is 0 Å². The van der Waals surface area contributed by atoms with Crippen molar-refractivity contribution in [2.45, 2.75) is 12.0 Å². The number of methoxy groups -OCH3 is 1. The quantitative estimate of drug-likeness (QED) is 0.666. The summed E-state index contributed by atoms with van der Waals surface area (Å²) >= 11 is 0. The van der Waals surface area contributed by atoms with Crippen LogP contribution in [0.4, 0.5) is 0 Å². The van der Waals surface area contributed by atoms with Crippen LogP contribution in [0.25, 0.3) is 0 Å². The number of nitrogens with zero attached hydrogens (tertiary/aromatic N) is 1. The van der Waals surface area contributed by atoms with Crippen molar-refractivity contribution in [2.75, 3.05) is 20.2 Å². The van der Waals surface area contributed by atoms with E-state index in [4.69, 9.17) is 9.26 Å². The number of nitrogens with one attached hydrogen (secondary N) is 1. The van der Waals surface area contributed by atoms with E-state index in [9.17, 15) is 5.11 Å². The fourth-order valence-electron chi connectivity index (χ4n) is 1.34. The highest BCUT2D eigenvalue weighted by Crippen LogP contribution is 2.20. The number of aliphatic hydroxyl groups is 1. The second-order valence-electron chi connectivity index (χ2n) is 3.34. The lowest BCUT2D eigenvalue weighted by atomic mass is 9.92. The first-order valence-corrected chi connectivity index (χ1v) is 4.14. The summed E-state index contributed by atoms with van der Waals surface area (Å²) in [5.74, 6) is 1.10. The molecule has 0 unspecified atom stereocenters. The second kappa shape index (κ2) is 3.01. The molecular formula is C8H12N2O3. The maximum absolute atomic E-state index is 9.75. The molecule has 0 aliphatic carbocycles. The lowest BCUT2D eigenvalue weighted by Crippen LogP contribution is -2.60. The van der Waals surface area contributed by atoms with Gasteiger partial charge in [-0.15, -0.1) is 0 Å². The average Bonchev–Trinajstić information content (AvgIpc) is 2.49. The molecule has 5 heteroatoms. The van der Waals surface area contributed by atoms with Gasteiger partial charge in [-0.05, 0) is 5.16 Å². The van der Waals surface area contributed by atoms with Crippen molar-refractivity contribution in [1.82, 2.24) is 10.5 Å². The van der Waals surface area contributed by atoms with Crippen LogP contribution in [0.3, 0.4) is 0 Å². The van der Waals surface area contributed by atoms with Crippen molar-refractivity contribution < 1.29 is 14.4 Å². The van der Waals surface area contributed by atoms with Crippen LogP contribution < -0.4 is 10.1 Å². The van der Waals surface area contributed by atoms with E-state index in [2.05, 4.69) is 10.5 Å². The Balaban J connectivity index is 2.01. The predicted molar refractivity (Wildman–Crippen MR) is 44.6 cm³/mol. The molecule has 5 nitrogen and oxygen atoms in total. The molecule has 1 saturated heterocycles. The normalized spacial score (nSPS) is 19.5. The van der Waals surface area contributed by atoms with Crippen LogP contribution in [0.15, 0.2) is 10.6 Å². The summed E-state index contributed by atoms with van der Waals surface area (Å²) in [6, 6.07) is 1.69. The van der Waals surface area contributed by atoms with Crippen LogP contribution >= 0.6 is 0 Å². The molecule has 0 bridgehead atoms. The van der Waals surface area contributed by atoms with E-state index in [1.165, 1.54) is 7.11 Å². The molecule has 0 radical (unpaired) electrons. The highest BCUT2D eigenvalue weighted by molar-refractivity contribution is 5.14. The molecule has 0 saturated carbocycles. The summed E-state index contributed by atoms with van der Waals surface area (Å²) < 4.78 is 9.82. The smallest absolute Gasteiger partial charge is 0.254 e. The number of aromatic nitrogens is 1. The molecule has 0 aromatic carbocycles. The molecule has 72 valence electrons. The minimum atomic E-state index is -0.662. The monoisotopic (exact) mass is 184 g/mol. The van der Waals surface area contributed by atoms with Gasteiger partial charge in [0.25, 0.3) is 5.88 Å². The van der Waals surface area contributed by atoms with Crippen LogP contribution in [0, 0.1) is 0 Å². The highest BCUT2D eigenvalue weighted by Gasteiger charge is 2.35. The Morgan fingerprint density at radius 3 is 3.00 bits per heavy atom. The molecule has 0 spiro atoms. The average molecular weight is 184 g/mol. The lowest BCUT2D eigenvalue weighted by molar-refractivity contribution is -0.0140. The van der Waals surface area contributed by atoms with Crippen LogP contribution in [0.2, 0.25) is 0 Å². The molecule has 2 rings (SSSR count). The third kappa shape index (κ3) is 1.66. The van der Waals surface area contributed by atoms with Crippen LogP contribution in [-0.4, -0.2) is 36.1 Å². The summed E-state index contributed by atoms with van der Waals surface area (Å²) in [6.07, 6.45) is 0.482. The summed E-state index contributed by atoms with van der Waals surface area (Å²) in [6.45, 7) is 1.21. The van der Waals surface area contributed by atoms with E-state index < -0.39 is 5.60 Å². The van der Waals surface area contributed by atoms with Crippen molar-refractivity contribution in [3.05, 3.63) is 11.8 Å². The number of hydrogen-bond donors (Lipinski definition) is 2. The second-order valence-corrected chi connectivity index (χ2v) is 3.34. The molecule has 1 aliphatic rings. The van der Waals surface area contributed by atoms with Crippen molar-refractivity contribution in [1.29, 1.82) is 0 Å². The van der Waals surface area contributed by atoms with Crippen molar-refractivity contribution in [3.63, 3.8) is 0 Å². The molecule has 0 atom stereocenters. The fourth-order valence-corrected chi connectivity index (χ4v) is 1.34. The standard InChI is InChI=1S/C8H12N2O3/c1-12-7-2-6(13-10-7)3-8(11)4-9-5-8/h2,9,11H,3-5H2,1H3. The minimum absolute atomic E-state index is 0.450. The Hall–Kier alpha value is -1.07. The van der Waals surface area contributed by atoms with E-state index in [1.807, 2.05) is 0 Å². The topological polar surface area (TPSA) is 67.5 Å². The Labute approximate surface area is 75.7 Å². The van der Waals surface area contributed by atoms with Crippen LogP contribution in [-0.2, 0) is 6.42 Å². The first-order valence-electron chi connectivity index (χ1n) is 4.14. The van der Waals surface area contributed by atoms with Gasteiger partial charge in [-0.2, -0.15) is 0 Å². The highest BCUT2D eigenvalue weighted by atomic mass is 16.5. The minimum Gasteiger partial charge on any atom is -0.479 e. The summed E-state index contributed by atoms with van der Waals surface area (Å²) in [4.78, 5) is 0. The van der Waals surface area contributed by atoms with E-state index in [1.54, 1.807) is 6.07 Å². The number of β-amino-alcohol motifs (C(OH)–C–C–N with tert-alkyl or cyclic N) is 1. The maximum Gasteiger partial charge on any atom is 0.254 e. The molecule has 2 heterocycles. The fraction of sp³-hybridized carbons (Fsp3) is 0.625. The Kier molecular flexibility index (Phi) is 1.97. The van der Waals surface area contributed by atoms with E-state index in [-0.39, 0.29) is 0 Å². The maximum atomic E-state index is 9.75. The predicted octanol–water partition coefficient (Wildman–Crippen LogP) is -0.440. The molecular weight excluding hydrogens is 172 g/mol. The molecule has 1 aliphatic heterocycles. The lowest BCUT2D eigenvalue weighted by Gasteiger charge is -2.36. The van der Waals surface area contributed by atoms with Gasteiger partial charge in [0.15, 0.2) is 0 Å². The number of hydrogen-bond acceptors (Lipinski definition) is 5. The summed E-state index contributed by atoms with van der Waals surface area (Å²) in [5, 5.41) is 16.4. The summed E-state index contributed by atoms with van der Waals surface area (Å²) in [7, 11) is 1.53. The van der Waals surface area contributed by atoms with E-state index in [0.29, 0.717) is 31.2 Å². The third-order valence-corrected chi connectivity index (χ3v) is 2.16. The van der Waals surface area contributed by atoms with Crippen molar-refractivity contribution in [2.24, 2.45) is 0 Å². The SMILES string of the molecule is COc1cc(CC2(O)CNC2)on1. The van der Waals surface area contributed by atoms with Gasteiger partial charge >= 0.3 is 0 Å². The van der Waals surface area contributed by atoms with Crippen LogP contribution in [0.5, 0.6) is 5.88 Å². The van der Waals surface area contributed by atoms with Crippen LogP contribution in [0.1, 0.15) is 5.76 Å². The van der Waals surface area contributed by atoms with Gasteiger partial charge in [-0.3, -0.25) is 0 Å². The van der Waals surface area contributed by atoms with E-state index >= 15 is 0 Å². The Morgan fingerprint density at radius 2 is 2.54 bits per heavy atom. The van der Waals surface area contributed by atoms with Gasteiger partial charge in [0.1, 0.15) is 5.76 Å². The third-order valence-electron chi connectivity index (χ3n) is 2.16. The molecule has 1 fully saturated rings. The first-order chi connectivity index (χ1) is 6.22. The largest absolute Gasteiger partial charge is 0.479 e. The van der Waals surface area contributed by atoms with Gasteiger partial charge in [0, 0.05) is 25.6 Å².